The van der Waals surface area contributed by atoms with Gasteiger partial charge in [-0.1, -0.05) is 60.2 Å². The standard InChI is InChI=1S/C24H21NO/c1-15-9-11-17(12-10-15)22-23-18-6-3-2-5-16(18)13-14-20(23)25-19-7-4-8-21(26)24(19)22/h2-3,5-6,9-14,22,25H,4,7-8H2,1H3/t22-/m1/s1. The van der Waals surface area contributed by atoms with Crippen molar-refractivity contribution in [2.45, 2.75) is 32.1 Å². The van der Waals surface area contributed by atoms with Crippen LogP contribution in [0.3, 0.4) is 0 Å². The topological polar surface area (TPSA) is 29.1 Å². The van der Waals surface area contributed by atoms with Crippen molar-refractivity contribution in [3.05, 3.63) is 88.6 Å². The van der Waals surface area contributed by atoms with Crippen LogP contribution in [0.25, 0.3) is 10.8 Å². The highest BCUT2D eigenvalue weighted by molar-refractivity contribution is 6.04. The van der Waals surface area contributed by atoms with Crippen LogP contribution in [0.15, 0.2) is 71.9 Å². The zero-order valence-electron chi connectivity index (χ0n) is 14.9. The summed E-state index contributed by atoms with van der Waals surface area (Å²) in [6.07, 6.45) is 2.55. The van der Waals surface area contributed by atoms with E-state index in [0.29, 0.717) is 12.2 Å². The van der Waals surface area contributed by atoms with Crippen molar-refractivity contribution in [2.24, 2.45) is 0 Å². The average molecular weight is 339 g/mol. The molecule has 128 valence electrons. The summed E-state index contributed by atoms with van der Waals surface area (Å²) in [6.45, 7) is 2.10. The number of carbonyl (C=O) groups is 1. The van der Waals surface area contributed by atoms with Gasteiger partial charge in [0.25, 0.3) is 0 Å². The van der Waals surface area contributed by atoms with Gasteiger partial charge in [-0.3, -0.25) is 4.79 Å². The van der Waals surface area contributed by atoms with Gasteiger partial charge in [-0.25, -0.2) is 0 Å². The van der Waals surface area contributed by atoms with Crippen LogP contribution in [-0.4, -0.2) is 5.78 Å². The highest BCUT2D eigenvalue weighted by atomic mass is 16.1. The summed E-state index contributed by atoms with van der Waals surface area (Å²) < 4.78 is 0. The molecule has 1 atom stereocenters. The van der Waals surface area contributed by atoms with E-state index in [2.05, 4.69) is 72.9 Å². The second kappa shape index (κ2) is 5.84. The summed E-state index contributed by atoms with van der Waals surface area (Å²) in [5, 5.41) is 6.04. The molecule has 0 saturated heterocycles. The van der Waals surface area contributed by atoms with E-state index in [1.807, 2.05) is 0 Å². The van der Waals surface area contributed by atoms with E-state index in [-0.39, 0.29) is 5.92 Å². The number of hydrogen-bond donors (Lipinski definition) is 1. The minimum atomic E-state index is 0.0146. The van der Waals surface area contributed by atoms with Crippen molar-refractivity contribution in [1.29, 1.82) is 0 Å². The van der Waals surface area contributed by atoms with Crippen molar-refractivity contribution in [1.82, 2.24) is 0 Å². The number of anilines is 1. The highest BCUT2D eigenvalue weighted by Crippen LogP contribution is 2.47. The molecular weight excluding hydrogens is 318 g/mol. The van der Waals surface area contributed by atoms with Gasteiger partial charge in [0.05, 0.1) is 0 Å². The minimum Gasteiger partial charge on any atom is -0.358 e. The minimum absolute atomic E-state index is 0.0146. The summed E-state index contributed by atoms with van der Waals surface area (Å²) in [4.78, 5) is 12.9. The van der Waals surface area contributed by atoms with Crippen molar-refractivity contribution in [3.63, 3.8) is 0 Å². The molecule has 0 saturated carbocycles. The summed E-state index contributed by atoms with van der Waals surface area (Å²) in [7, 11) is 0. The van der Waals surface area contributed by atoms with Crippen LogP contribution in [0.1, 0.15) is 41.9 Å². The number of carbonyl (C=O) groups excluding carboxylic acids is 1. The Labute approximate surface area is 153 Å². The third-order valence-electron chi connectivity index (χ3n) is 5.70. The van der Waals surface area contributed by atoms with Crippen LogP contribution >= 0.6 is 0 Å². The van der Waals surface area contributed by atoms with Crippen molar-refractivity contribution < 1.29 is 4.79 Å². The van der Waals surface area contributed by atoms with Crippen LogP contribution < -0.4 is 5.32 Å². The van der Waals surface area contributed by atoms with Crippen LogP contribution in [0.5, 0.6) is 0 Å². The number of benzene rings is 3. The largest absolute Gasteiger partial charge is 0.358 e. The molecule has 26 heavy (non-hydrogen) atoms. The molecule has 0 spiro atoms. The first-order valence-electron chi connectivity index (χ1n) is 9.34. The molecule has 3 aromatic rings. The van der Waals surface area contributed by atoms with Crippen LogP contribution in [0.4, 0.5) is 5.69 Å². The van der Waals surface area contributed by atoms with Crippen LogP contribution in [0.2, 0.25) is 0 Å². The average Bonchev–Trinajstić information content (AvgIpc) is 2.67. The molecule has 0 amide bonds. The second-order valence-corrected chi connectivity index (χ2v) is 7.39. The number of ketones is 1. The Morgan fingerprint density at radius 3 is 2.58 bits per heavy atom. The van der Waals surface area contributed by atoms with E-state index in [4.69, 9.17) is 0 Å². The molecule has 0 radical (unpaired) electrons. The van der Waals surface area contributed by atoms with Gasteiger partial charge < -0.3 is 5.32 Å². The first-order valence-corrected chi connectivity index (χ1v) is 9.34. The molecule has 5 rings (SSSR count). The molecule has 3 aromatic carbocycles. The molecule has 1 aliphatic carbocycles. The summed E-state index contributed by atoms with van der Waals surface area (Å²) in [5.74, 6) is 0.309. The van der Waals surface area contributed by atoms with Gasteiger partial charge >= 0.3 is 0 Å². The van der Waals surface area contributed by atoms with Crippen LogP contribution in [-0.2, 0) is 4.79 Å². The monoisotopic (exact) mass is 339 g/mol. The lowest BCUT2D eigenvalue weighted by atomic mass is 9.74. The molecule has 0 aromatic heterocycles. The first kappa shape index (κ1) is 15.4. The van der Waals surface area contributed by atoms with E-state index >= 15 is 0 Å². The Morgan fingerprint density at radius 2 is 1.73 bits per heavy atom. The maximum Gasteiger partial charge on any atom is 0.161 e. The van der Waals surface area contributed by atoms with E-state index < -0.39 is 0 Å². The Balaban J connectivity index is 1.83. The van der Waals surface area contributed by atoms with Gasteiger partial charge in [0.2, 0.25) is 0 Å². The molecule has 2 heteroatoms. The molecular formula is C24H21NO. The summed E-state index contributed by atoms with van der Waals surface area (Å²) in [6, 6.07) is 21.5. The molecule has 2 nitrogen and oxygen atoms in total. The number of Topliss-reactive ketones (excluding diaryl/α,β-unsaturated/α-hetero) is 1. The Bertz CT molecular complexity index is 1060. The van der Waals surface area contributed by atoms with Crippen LogP contribution in [0, 0.1) is 6.92 Å². The molecule has 0 fully saturated rings. The van der Waals surface area contributed by atoms with E-state index in [9.17, 15) is 4.79 Å². The van der Waals surface area contributed by atoms with Gasteiger partial charge in [0.1, 0.15) is 0 Å². The predicted octanol–water partition coefficient (Wildman–Crippen LogP) is 5.71. The maximum atomic E-state index is 12.9. The lowest BCUT2D eigenvalue weighted by Crippen LogP contribution is -2.27. The summed E-state index contributed by atoms with van der Waals surface area (Å²) in [5.41, 5.74) is 6.92. The van der Waals surface area contributed by atoms with E-state index in [1.165, 1.54) is 27.5 Å². The number of hydrogen-bond acceptors (Lipinski definition) is 2. The third-order valence-corrected chi connectivity index (χ3v) is 5.70. The number of fused-ring (bicyclic) bond motifs is 3. The summed E-state index contributed by atoms with van der Waals surface area (Å²) >= 11 is 0. The SMILES string of the molecule is Cc1ccc([C@H]2C3=C(CCCC3=O)Nc3ccc4ccccc4c32)cc1. The second-order valence-electron chi connectivity index (χ2n) is 7.39. The highest BCUT2D eigenvalue weighted by Gasteiger charge is 2.35. The molecule has 1 aliphatic heterocycles. The van der Waals surface area contributed by atoms with Crippen molar-refractivity contribution in [3.8, 4) is 0 Å². The smallest absolute Gasteiger partial charge is 0.161 e. The molecule has 1 heterocycles. The number of rotatable bonds is 1. The molecule has 1 N–H and O–H groups in total. The zero-order chi connectivity index (χ0) is 17.7. The molecule has 2 aliphatic rings. The van der Waals surface area contributed by atoms with Crippen molar-refractivity contribution >= 4 is 22.2 Å². The fourth-order valence-electron chi connectivity index (χ4n) is 4.44. The van der Waals surface area contributed by atoms with Gasteiger partial charge in [-0.15, -0.1) is 0 Å². The Kier molecular flexibility index (Phi) is 3.46. The lowest BCUT2D eigenvalue weighted by molar-refractivity contribution is -0.116. The normalized spacial score (nSPS) is 19.1. The van der Waals surface area contributed by atoms with Gasteiger partial charge in [0, 0.05) is 29.3 Å². The Morgan fingerprint density at radius 1 is 0.923 bits per heavy atom. The number of aryl methyl sites for hydroxylation is 1. The Hall–Kier alpha value is -2.87. The lowest BCUT2D eigenvalue weighted by Gasteiger charge is -2.35. The first-order chi connectivity index (χ1) is 12.7. The molecule has 0 bridgehead atoms. The fourth-order valence-corrected chi connectivity index (χ4v) is 4.44. The van der Waals surface area contributed by atoms with Gasteiger partial charge in [0.15, 0.2) is 5.78 Å². The predicted molar refractivity (Wildman–Crippen MR) is 106 cm³/mol. The number of allylic oxidation sites excluding steroid dienone is 2. The third kappa shape index (κ3) is 2.29. The van der Waals surface area contributed by atoms with E-state index in [0.717, 1.165) is 29.8 Å². The van der Waals surface area contributed by atoms with Crippen molar-refractivity contribution in [2.75, 3.05) is 5.32 Å². The fraction of sp³-hybridized carbons (Fsp3) is 0.208. The zero-order valence-corrected chi connectivity index (χ0v) is 14.9. The molecule has 0 unspecified atom stereocenters. The van der Waals surface area contributed by atoms with Gasteiger partial charge in [-0.2, -0.15) is 0 Å². The maximum absolute atomic E-state index is 12.9. The van der Waals surface area contributed by atoms with Gasteiger partial charge in [-0.05, 0) is 47.7 Å². The van der Waals surface area contributed by atoms with E-state index in [1.54, 1.807) is 0 Å². The quantitative estimate of drug-likeness (QED) is 0.615. The number of nitrogens with one attached hydrogen (secondary N) is 1.